The van der Waals surface area contributed by atoms with Gasteiger partial charge in [0.25, 0.3) is 0 Å². The molecule has 0 amide bonds. The molecule has 0 aromatic carbocycles. The van der Waals surface area contributed by atoms with Gasteiger partial charge in [0.1, 0.15) is 0 Å². The van der Waals surface area contributed by atoms with Crippen LogP contribution in [0.1, 0.15) is 39.0 Å². The Kier molecular flexibility index (Phi) is 5.58. The summed E-state index contributed by atoms with van der Waals surface area (Å²) in [6.45, 7) is 3.38. The first kappa shape index (κ1) is 11.5. The van der Waals surface area contributed by atoms with E-state index in [1.54, 1.807) is 0 Å². The van der Waals surface area contributed by atoms with E-state index in [1.165, 1.54) is 32.1 Å². The molecule has 1 rings (SSSR count). The van der Waals surface area contributed by atoms with Crippen molar-refractivity contribution < 1.29 is 4.74 Å². The summed E-state index contributed by atoms with van der Waals surface area (Å²) in [6, 6.07) is 2.07. The molecule has 1 N–H and O–H groups in total. The van der Waals surface area contributed by atoms with Crippen molar-refractivity contribution in [3.8, 4) is 6.07 Å². The average Bonchev–Trinajstić information content (AvgIpc) is 2.25. The quantitative estimate of drug-likeness (QED) is 0.682. The largest absolute Gasteiger partial charge is 0.377 e. The van der Waals surface area contributed by atoms with Crippen LogP contribution in [0.15, 0.2) is 0 Å². The summed E-state index contributed by atoms with van der Waals surface area (Å²) in [5.74, 6) is 0. The first-order valence-corrected chi connectivity index (χ1v) is 5.57. The molecular formula is C11H20N2O. The minimum atomic E-state index is -0.0649. The molecule has 3 heteroatoms. The lowest BCUT2D eigenvalue weighted by Crippen LogP contribution is -2.30. The van der Waals surface area contributed by atoms with Gasteiger partial charge in [0.2, 0.25) is 0 Å². The van der Waals surface area contributed by atoms with E-state index < -0.39 is 0 Å². The molecular weight excluding hydrogens is 176 g/mol. The maximum absolute atomic E-state index is 8.53. The van der Waals surface area contributed by atoms with E-state index in [9.17, 15) is 0 Å². The predicted molar refractivity (Wildman–Crippen MR) is 55.9 cm³/mol. The molecule has 0 aliphatic heterocycles. The van der Waals surface area contributed by atoms with Crippen LogP contribution >= 0.6 is 0 Å². The predicted octanol–water partition coefficient (Wildman–Crippen LogP) is 1.84. The molecule has 1 saturated carbocycles. The summed E-state index contributed by atoms with van der Waals surface area (Å²) >= 11 is 0. The Labute approximate surface area is 86.4 Å². The highest BCUT2D eigenvalue weighted by molar-refractivity contribution is 4.84. The Balaban J connectivity index is 1.95. The van der Waals surface area contributed by atoms with E-state index >= 15 is 0 Å². The molecule has 0 radical (unpaired) electrons. The number of hydrogen-bond acceptors (Lipinski definition) is 3. The fourth-order valence-corrected chi connectivity index (χ4v) is 1.78. The highest BCUT2D eigenvalue weighted by atomic mass is 16.5. The van der Waals surface area contributed by atoms with Crippen molar-refractivity contribution in [1.29, 1.82) is 5.26 Å². The number of ether oxygens (including phenoxy) is 1. The lowest BCUT2D eigenvalue weighted by molar-refractivity contribution is 0.0300. The van der Waals surface area contributed by atoms with Gasteiger partial charge in [-0.25, -0.2) is 0 Å². The van der Waals surface area contributed by atoms with Crippen LogP contribution < -0.4 is 5.32 Å². The van der Waals surface area contributed by atoms with Crippen LogP contribution in [0.3, 0.4) is 0 Å². The molecule has 1 unspecified atom stereocenters. The summed E-state index contributed by atoms with van der Waals surface area (Å²) < 4.78 is 5.71. The van der Waals surface area contributed by atoms with Gasteiger partial charge in [-0.2, -0.15) is 5.26 Å². The fourth-order valence-electron chi connectivity index (χ4n) is 1.78. The number of rotatable bonds is 5. The van der Waals surface area contributed by atoms with E-state index in [1.807, 2.05) is 6.92 Å². The van der Waals surface area contributed by atoms with E-state index in [-0.39, 0.29) is 6.04 Å². The fraction of sp³-hybridized carbons (Fsp3) is 0.909. The van der Waals surface area contributed by atoms with Crippen molar-refractivity contribution in [2.45, 2.75) is 51.2 Å². The Morgan fingerprint density at radius 3 is 2.79 bits per heavy atom. The number of nitrogens with zero attached hydrogens (tertiary/aromatic N) is 1. The van der Waals surface area contributed by atoms with Crippen molar-refractivity contribution in [2.75, 3.05) is 13.2 Å². The number of hydrogen-bond donors (Lipinski definition) is 1. The lowest BCUT2D eigenvalue weighted by atomic mass is 9.98. The maximum atomic E-state index is 8.53. The van der Waals surface area contributed by atoms with Crippen LogP contribution in [0.2, 0.25) is 0 Å². The van der Waals surface area contributed by atoms with E-state index in [2.05, 4.69) is 11.4 Å². The molecule has 0 spiro atoms. The van der Waals surface area contributed by atoms with Gasteiger partial charge >= 0.3 is 0 Å². The van der Waals surface area contributed by atoms with Crippen molar-refractivity contribution >= 4 is 0 Å². The van der Waals surface area contributed by atoms with Crippen LogP contribution in [0.4, 0.5) is 0 Å². The van der Waals surface area contributed by atoms with Gasteiger partial charge in [-0.05, 0) is 19.8 Å². The highest BCUT2D eigenvalue weighted by Gasteiger charge is 2.12. The zero-order valence-electron chi connectivity index (χ0n) is 8.96. The van der Waals surface area contributed by atoms with Gasteiger partial charge in [-0.15, -0.1) is 0 Å². The highest BCUT2D eigenvalue weighted by Crippen LogP contribution is 2.19. The van der Waals surface area contributed by atoms with Crippen LogP contribution in [0, 0.1) is 11.3 Å². The molecule has 14 heavy (non-hydrogen) atoms. The van der Waals surface area contributed by atoms with E-state index in [0.29, 0.717) is 6.10 Å². The van der Waals surface area contributed by atoms with Gasteiger partial charge < -0.3 is 4.74 Å². The molecule has 3 nitrogen and oxygen atoms in total. The van der Waals surface area contributed by atoms with Gasteiger partial charge in [-0.3, -0.25) is 5.32 Å². The second-order valence-corrected chi connectivity index (χ2v) is 3.94. The van der Waals surface area contributed by atoms with Gasteiger partial charge in [0, 0.05) is 6.54 Å². The molecule has 80 valence electrons. The molecule has 0 bridgehead atoms. The summed E-state index contributed by atoms with van der Waals surface area (Å²) in [6.07, 6.45) is 6.90. The molecule has 0 heterocycles. The summed E-state index contributed by atoms with van der Waals surface area (Å²) in [7, 11) is 0. The first-order valence-electron chi connectivity index (χ1n) is 5.57. The Bertz CT molecular complexity index is 182. The Morgan fingerprint density at radius 2 is 2.14 bits per heavy atom. The zero-order valence-corrected chi connectivity index (χ0v) is 8.96. The standard InChI is InChI=1S/C11H20N2O/c1-10(9-12)13-7-8-14-11-5-3-2-4-6-11/h10-11,13H,2-8H2,1H3. The molecule has 1 atom stereocenters. The van der Waals surface area contributed by atoms with Crippen LogP contribution in [-0.2, 0) is 4.74 Å². The second kappa shape index (κ2) is 6.80. The third kappa shape index (κ3) is 4.59. The molecule has 0 aromatic heterocycles. The van der Waals surface area contributed by atoms with Crippen molar-refractivity contribution in [2.24, 2.45) is 0 Å². The van der Waals surface area contributed by atoms with Gasteiger partial charge in [0.15, 0.2) is 0 Å². The van der Waals surface area contributed by atoms with Crippen molar-refractivity contribution in [3.63, 3.8) is 0 Å². The maximum Gasteiger partial charge on any atom is 0.0925 e. The number of nitrogens with one attached hydrogen (secondary N) is 1. The summed E-state index contributed by atoms with van der Waals surface area (Å²) in [5, 5.41) is 11.6. The van der Waals surface area contributed by atoms with Crippen molar-refractivity contribution in [1.82, 2.24) is 5.32 Å². The Morgan fingerprint density at radius 1 is 1.43 bits per heavy atom. The van der Waals surface area contributed by atoms with Crippen LogP contribution in [-0.4, -0.2) is 25.3 Å². The third-order valence-corrected chi connectivity index (χ3v) is 2.65. The number of nitriles is 1. The zero-order chi connectivity index (χ0) is 10.2. The normalized spacial score (nSPS) is 20.3. The minimum Gasteiger partial charge on any atom is -0.377 e. The minimum absolute atomic E-state index is 0.0649. The second-order valence-electron chi connectivity index (χ2n) is 3.94. The molecule has 1 aliphatic rings. The van der Waals surface area contributed by atoms with Crippen LogP contribution in [0.5, 0.6) is 0 Å². The average molecular weight is 196 g/mol. The lowest BCUT2D eigenvalue weighted by Gasteiger charge is -2.22. The smallest absolute Gasteiger partial charge is 0.0925 e. The monoisotopic (exact) mass is 196 g/mol. The topological polar surface area (TPSA) is 45.0 Å². The van der Waals surface area contributed by atoms with Gasteiger partial charge in [-0.1, -0.05) is 19.3 Å². The van der Waals surface area contributed by atoms with Crippen molar-refractivity contribution in [3.05, 3.63) is 0 Å². The van der Waals surface area contributed by atoms with Crippen LogP contribution in [0.25, 0.3) is 0 Å². The van der Waals surface area contributed by atoms with E-state index in [4.69, 9.17) is 10.00 Å². The van der Waals surface area contributed by atoms with E-state index in [0.717, 1.165) is 13.2 Å². The van der Waals surface area contributed by atoms with Gasteiger partial charge in [0.05, 0.1) is 24.8 Å². The third-order valence-electron chi connectivity index (χ3n) is 2.65. The molecule has 0 saturated heterocycles. The first-order chi connectivity index (χ1) is 6.83. The molecule has 1 aliphatic carbocycles. The summed E-state index contributed by atoms with van der Waals surface area (Å²) in [4.78, 5) is 0. The Hall–Kier alpha value is -0.590. The molecule has 1 fully saturated rings. The molecule has 0 aromatic rings. The SMILES string of the molecule is CC(C#N)NCCOC1CCCCC1. The summed E-state index contributed by atoms with van der Waals surface area (Å²) in [5.41, 5.74) is 0.